The Morgan fingerprint density at radius 3 is 2.52 bits per heavy atom. The molecule has 5 heteroatoms. The van der Waals surface area contributed by atoms with E-state index in [4.69, 9.17) is 4.42 Å². The number of benzene rings is 1. The van der Waals surface area contributed by atoms with Gasteiger partial charge < -0.3 is 15.1 Å². The van der Waals surface area contributed by atoms with Crippen molar-refractivity contribution >= 4 is 28.6 Å². The van der Waals surface area contributed by atoms with E-state index in [0.717, 1.165) is 17.1 Å². The lowest BCUT2D eigenvalue weighted by molar-refractivity contribution is 0.103. The molecule has 0 aliphatic heterocycles. The lowest BCUT2D eigenvalue weighted by Gasteiger charge is -2.07. The summed E-state index contributed by atoms with van der Waals surface area (Å²) in [6.45, 7) is 0.633. The highest BCUT2D eigenvalue weighted by atomic mass is 32.1. The molecule has 0 atom stereocenters. The first-order chi connectivity index (χ1) is 10.3. The van der Waals surface area contributed by atoms with Crippen LogP contribution in [0.4, 0.5) is 11.4 Å². The molecule has 2 aromatic heterocycles. The van der Waals surface area contributed by atoms with Gasteiger partial charge in [-0.3, -0.25) is 4.79 Å². The second-order valence-corrected chi connectivity index (χ2v) is 5.39. The Hall–Kier alpha value is -2.53. The third kappa shape index (κ3) is 3.52. The molecule has 0 fully saturated rings. The average molecular weight is 298 g/mol. The predicted octanol–water partition coefficient (Wildman–Crippen LogP) is 4.21. The molecule has 1 aromatic carbocycles. The van der Waals surface area contributed by atoms with E-state index in [9.17, 15) is 4.79 Å². The monoisotopic (exact) mass is 298 g/mol. The predicted molar refractivity (Wildman–Crippen MR) is 84.7 cm³/mol. The molecule has 0 saturated heterocycles. The van der Waals surface area contributed by atoms with Gasteiger partial charge in [0.25, 0.3) is 5.91 Å². The fraction of sp³-hybridized carbons (Fsp3) is 0.0625. The van der Waals surface area contributed by atoms with Gasteiger partial charge in [0.15, 0.2) is 0 Å². The molecule has 21 heavy (non-hydrogen) atoms. The summed E-state index contributed by atoms with van der Waals surface area (Å²) < 4.78 is 5.25. The highest BCUT2D eigenvalue weighted by Gasteiger charge is 2.06. The third-order valence-corrected chi connectivity index (χ3v) is 3.80. The molecule has 0 unspecified atom stereocenters. The fourth-order valence-corrected chi connectivity index (χ4v) is 2.49. The van der Waals surface area contributed by atoms with Crippen LogP contribution in [0.25, 0.3) is 0 Å². The van der Waals surface area contributed by atoms with Crippen LogP contribution in [0.2, 0.25) is 0 Å². The van der Waals surface area contributed by atoms with Crippen molar-refractivity contribution in [1.29, 1.82) is 0 Å². The van der Waals surface area contributed by atoms with Gasteiger partial charge in [0, 0.05) is 11.4 Å². The molecule has 0 saturated carbocycles. The van der Waals surface area contributed by atoms with Crippen molar-refractivity contribution < 1.29 is 9.21 Å². The summed E-state index contributed by atoms with van der Waals surface area (Å²) in [4.78, 5) is 12.6. The smallest absolute Gasteiger partial charge is 0.265 e. The number of furan rings is 1. The second-order valence-electron chi connectivity index (χ2n) is 4.44. The van der Waals surface area contributed by atoms with Crippen molar-refractivity contribution in [3.05, 3.63) is 70.8 Å². The zero-order chi connectivity index (χ0) is 14.5. The first-order valence-electron chi connectivity index (χ1n) is 6.52. The van der Waals surface area contributed by atoms with Crippen molar-refractivity contribution in [2.24, 2.45) is 0 Å². The first kappa shape index (κ1) is 13.5. The first-order valence-corrected chi connectivity index (χ1v) is 7.40. The van der Waals surface area contributed by atoms with Crippen LogP contribution in [0.5, 0.6) is 0 Å². The molecule has 3 aromatic rings. The van der Waals surface area contributed by atoms with E-state index in [1.807, 2.05) is 47.8 Å². The number of nitrogens with one attached hydrogen (secondary N) is 2. The summed E-state index contributed by atoms with van der Waals surface area (Å²) in [6, 6.07) is 15.0. The lowest BCUT2D eigenvalue weighted by atomic mass is 10.2. The van der Waals surface area contributed by atoms with Crippen LogP contribution < -0.4 is 10.6 Å². The Bertz CT molecular complexity index is 688. The molecule has 106 valence electrons. The highest BCUT2D eigenvalue weighted by Crippen LogP contribution is 2.17. The number of amides is 1. The van der Waals surface area contributed by atoms with Crippen molar-refractivity contribution in [3.63, 3.8) is 0 Å². The minimum Gasteiger partial charge on any atom is -0.467 e. The van der Waals surface area contributed by atoms with Gasteiger partial charge in [0.1, 0.15) is 5.76 Å². The maximum atomic E-state index is 11.9. The SMILES string of the molecule is O=C(Nc1ccc(NCc2ccco2)cc1)c1cccs1. The van der Waals surface area contributed by atoms with Crippen LogP contribution in [-0.4, -0.2) is 5.91 Å². The fourth-order valence-electron chi connectivity index (χ4n) is 1.87. The van der Waals surface area contributed by atoms with E-state index in [-0.39, 0.29) is 5.91 Å². The number of hydrogen-bond donors (Lipinski definition) is 2. The number of carbonyl (C=O) groups excluding carboxylic acids is 1. The highest BCUT2D eigenvalue weighted by molar-refractivity contribution is 7.12. The van der Waals surface area contributed by atoms with Crippen molar-refractivity contribution in [2.45, 2.75) is 6.54 Å². The maximum absolute atomic E-state index is 11.9. The maximum Gasteiger partial charge on any atom is 0.265 e. The summed E-state index contributed by atoms with van der Waals surface area (Å²) in [5, 5.41) is 8.00. The number of rotatable bonds is 5. The van der Waals surface area contributed by atoms with Gasteiger partial charge in [-0.05, 0) is 47.8 Å². The van der Waals surface area contributed by atoms with Gasteiger partial charge in [-0.1, -0.05) is 6.07 Å². The van der Waals surface area contributed by atoms with Crippen LogP contribution in [-0.2, 0) is 6.54 Å². The van der Waals surface area contributed by atoms with Crippen LogP contribution in [0, 0.1) is 0 Å². The Kier molecular flexibility index (Phi) is 4.02. The molecular weight excluding hydrogens is 284 g/mol. The summed E-state index contributed by atoms with van der Waals surface area (Å²) >= 11 is 1.43. The molecule has 0 aliphatic rings. The Labute approximate surface area is 126 Å². The van der Waals surface area contributed by atoms with Crippen molar-refractivity contribution in [2.75, 3.05) is 10.6 Å². The zero-order valence-corrected chi connectivity index (χ0v) is 12.0. The summed E-state index contributed by atoms with van der Waals surface area (Å²) in [5.74, 6) is 0.798. The molecule has 2 heterocycles. The zero-order valence-electron chi connectivity index (χ0n) is 11.2. The van der Waals surface area contributed by atoms with Gasteiger partial charge in [0.2, 0.25) is 0 Å². The minimum atomic E-state index is -0.0821. The van der Waals surface area contributed by atoms with E-state index in [0.29, 0.717) is 11.4 Å². The van der Waals surface area contributed by atoms with Gasteiger partial charge in [-0.15, -0.1) is 11.3 Å². The number of anilines is 2. The van der Waals surface area contributed by atoms with E-state index >= 15 is 0 Å². The summed E-state index contributed by atoms with van der Waals surface area (Å²) in [5.41, 5.74) is 1.75. The van der Waals surface area contributed by atoms with Gasteiger partial charge in [0.05, 0.1) is 17.7 Å². The normalized spacial score (nSPS) is 10.3. The van der Waals surface area contributed by atoms with Crippen LogP contribution in [0.1, 0.15) is 15.4 Å². The van der Waals surface area contributed by atoms with Crippen LogP contribution in [0.3, 0.4) is 0 Å². The number of hydrogen-bond acceptors (Lipinski definition) is 4. The Morgan fingerprint density at radius 1 is 1.05 bits per heavy atom. The third-order valence-electron chi connectivity index (χ3n) is 2.93. The second kappa shape index (κ2) is 6.28. The largest absolute Gasteiger partial charge is 0.467 e. The van der Waals surface area contributed by atoms with Gasteiger partial charge in [-0.2, -0.15) is 0 Å². The van der Waals surface area contributed by atoms with Crippen molar-refractivity contribution in [3.8, 4) is 0 Å². The number of thiophene rings is 1. The van der Waals surface area contributed by atoms with E-state index in [1.165, 1.54) is 11.3 Å². The van der Waals surface area contributed by atoms with Gasteiger partial charge in [-0.25, -0.2) is 0 Å². The topological polar surface area (TPSA) is 54.3 Å². The van der Waals surface area contributed by atoms with Gasteiger partial charge >= 0.3 is 0 Å². The standard InChI is InChI=1S/C16H14N2O2S/c19-16(15-4-2-10-21-15)18-13-7-5-12(6-8-13)17-11-14-3-1-9-20-14/h1-10,17H,11H2,(H,18,19). The van der Waals surface area contributed by atoms with E-state index in [1.54, 1.807) is 12.3 Å². The average Bonchev–Trinajstić information content (AvgIpc) is 3.20. The van der Waals surface area contributed by atoms with Crippen molar-refractivity contribution in [1.82, 2.24) is 0 Å². The minimum absolute atomic E-state index is 0.0821. The van der Waals surface area contributed by atoms with Crippen LogP contribution in [0.15, 0.2) is 64.6 Å². The molecule has 4 nitrogen and oxygen atoms in total. The van der Waals surface area contributed by atoms with E-state index < -0.39 is 0 Å². The summed E-state index contributed by atoms with van der Waals surface area (Å²) in [7, 11) is 0. The molecule has 3 rings (SSSR count). The molecule has 2 N–H and O–H groups in total. The number of carbonyl (C=O) groups is 1. The molecule has 0 radical (unpaired) electrons. The Balaban J connectivity index is 1.57. The summed E-state index contributed by atoms with van der Waals surface area (Å²) in [6.07, 6.45) is 1.65. The molecular formula is C16H14N2O2S. The quantitative estimate of drug-likeness (QED) is 0.742. The molecule has 0 bridgehead atoms. The molecule has 0 spiro atoms. The molecule has 1 amide bonds. The molecule has 0 aliphatic carbocycles. The van der Waals surface area contributed by atoms with Crippen LogP contribution >= 0.6 is 11.3 Å². The Morgan fingerprint density at radius 2 is 1.86 bits per heavy atom. The van der Waals surface area contributed by atoms with E-state index in [2.05, 4.69) is 10.6 Å². The lowest BCUT2D eigenvalue weighted by Crippen LogP contribution is -2.09.